The van der Waals surface area contributed by atoms with Crippen molar-refractivity contribution in [2.24, 2.45) is 0 Å². The van der Waals surface area contributed by atoms with Gasteiger partial charge in [0.1, 0.15) is 0 Å². The Hall–Kier alpha value is -2.08. The first kappa shape index (κ1) is 13.4. The minimum Gasteiger partial charge on any atom is -0.504 e. The number of methoxy groups -OCH3 is 1. The quantitative estimate of drug-likeness (QED) is 0.771. The van der Waals surface area contributed by atoms with Crippen LogP contribution in [0, 0.1) is 0 Å². The zero-order valence-electron chi connectivity index (χ0n) is 11.0. The van der Waals surface area contributed by atoms with E-state index in [1.807, 2.05) is 6.92 Å². The fourth-order valence-electron chi connectivity index (χ4n) is 1.67. The van der Waals surface area contributed by atoms with Gasteiger partial charge in [0.25, 0.3) is 0 Å². The first-order valence-corrected chi connectivity index (χ1v) is 6.15. The van der Waals surface area contributed by atoms with Crippen LogP contribution in [-0.4, -0.2) is 35.5 Å². The van der Waals surface area contributed by atoms with Crippen LogP contribution in [0.1, 0.15) is 12.8 Å². The SMILES string of the molecule is CCNCCc1nnc(-c2ccc(OC)c(O)c2)o1. The van der Waals surface area contributed by atoms with Crippen molar-refractivity contribution in [2.45, 2.75) is 13.3 Å². The summed E-state index contributed by atoms with van der Waals surface area (Å²) in [7, 11) is 1.50. The first-order valence-electron chi connectivity index (χ1n) is 6.15. The van der Waals surface area contributed by atoms with Crippen LogP contribution in [0.15, 0.2) is 22.6 Å². The van der Waals surface area contributed by atoms with Gasteiger partial charge in [0, 0.05) is 18.5 Å². The molecule has 6 nitrogen and oxygen atoms in total. The van der Waals surface area contributed by atoms with E-state index < -0.39 is 0 Å². The molecule has 0 fully saturated rings. The smallest absolute Gasteiger partial charge is 0.247 e. The summed E-state index contributed by atoms with van der Waals surface area (Å²) >= 11 is 0. The van der Waals surface area contributed by atoms with Gasteiger partial charge in [-0.3, -0.25) is 0 Å². The van der Waals surface area contributed by atoms with Crippen molar-refractivity contribution < 1.29 is 14.3 Å². The number of phenols is 1. The lowest BCUT2D eigenvalue weighted by Crippen LogP contribution is -2.16. The number of aromatic hydroxyl groups is 1. The Balaban J connectivity index is 2.11. The molecular weight excluding hydrogens is 246 g/mol. The molecule has 1 aromatic heterocycles. The average Bonchev–Trinajstić information content (AvgIpc) is 2.88. The Kier molecular flexibility index (Phi) is 4.35. The summed E-state index contributed by atoms with van der Waals surface area (Å²) in [5.41, 5.74) is 0.667. The zero-order chi connectivity index (χ0) is 13.7. The Labute approximate surface area is 111 Å². The molecule has 2 aromatic rings. The van der Waals surface area contributed by atoms with Gasteiger partial charge in [-0.2, -0.15) is 0 Å². The number of aromatic nitrogens is 2. The number of hydrogen-bond donors (Lipinski definition) is 2. The fraction of sp³-hybridized carbons (Fsp3) is 0.385. The normalized spacial score (nSPS) is 10.6. The van der Waals surface area contributed by atoms with E-state index in [0.29, 0.717) is 29.5 Å². The lowest BCUT2D eigenvalue weighted by molar-refractivity contribution is 0.373. The van der Waals surface area contributed by atoms with Gasteiger partial charge in [-0.15, -0.1) is 10.2 Å². The molecule has 0 radical (unpaired) electrons. The van der Waals surface area contributed by atoms with Crippen LogP contribution >= 0.6 is 0 Å². The van der Waals surface area contributed by atoms with E-state index in [4.69, 9.17) is 9.15 Å². The van der Waals surface area contributed by atoms with Crippen LogP contribution in [0.4, 0.5) is 0 Å². The Bertz CT molecular complexity index is 540. The fourth-order valence-corrected chi connectivity index (χ4v) is 1.67. The number of ether oxygens (including phenoxy) is 1. The monoisotopic (exact) mass is 263 g/mol. The molecule has 0 saturated heterocycles. The van der Waals surface area contributed by atoms with E-state index >= 15 is 0 Å². The molecule has 2 rings (SSSR count). The molecule has 6 heteroatoms. The minimum absolute atomic E-state index is 0.0485. The highest BCUT2D eigenvalue weighted by Gasteiger charge is 2.11. The molecule has 0 aliphatic heterocycles. The molecule has 0 saturated carbocycles. The molecule has 1 heterocycles. The van der Waals surface area contributed by atoms with E-state index in [1.165, 1.54) is 7.11 Å². The van der Waals surface area contributed by atoms with Crippen molar-refractivity contribution in [1.82, 2.24) is 15.5 Å². The van der Waals surface area contributed by atoms with Crippen LogP contribution in [0.25, 0.3) is 11.5 Å². The number of hydrogen-bond acceptors (Lipinski definition) is 6. The van der Waals surface area contributed by atoms with Crippen molar-refractivity contribution >= 4 is 0 Å². The maximum absolute atomic E-state index is 9.71. The third-order valence-electron chi connectivity index (χ3n) is 2.66. The number of benzene rings is 1. The molecule has 19 heavy (non-hydrogen) atoms. The number of nitrogens with zero attached hydrogens (tertiary/aromatic N) is 2. The van der Waals surface area contributed by atoms with Gasteiger partial charge in [0.15, 0.2) is 11.5 Å². The van der Waals surface area contributed by atoms with E-state index in [-0.39, 0.29) is 5.75 Å². The zero-order valence-corrected chi connectivity index (χ0v) is 11.0. The van der Waals surface area contributed by atoms with Crippen molar-refractivity contribution in [3.63, 3.8) is 0 Å². The number of nitrogens with one attached hydrogen (secondary N) is 1. The average molecular weight is 263 g/mol. The predicted molar refractivity (Wildman–Crippen MR) is 70.2 cm³/mol. The van der Waals surface area contributed by atoms with Gasteiger partial charge >= 0.3 is 0 Å². The Morgan fingerprint density at radius 3 is 2.89 bits per heavy atom. The molecule has 0 unspecified atom stereocenters. The van der Waals surface area contributed by atoms with Crippen molar-refractivity contribution in [1.29, 1.82) is 0 Å². The maximum atomic E-state index is 9.71. The molecule has 102 valence electrons. The highest BCUT2D eigenvalue weighted by molar-refractivity contribution is 5.59. The third kappa shape index (κ3) is 3.23. The van der Waals surface area contributed by atoms with Crippen LogP contribution in [0.2, 0.25) is 0 Å². The molecule has 0 spiro atoms. The molecule has 0 aliphatic carbocycles. The summed E-state index contributed by atoms with van der Waals surface area (Å²) in [4.78, 5) is 0. The van der Waals surface area contributed by atoms with E-state index in [2.05, 4.69) is 15.5 Å². The summed E-state index contributed by atoms with van der Waals surface area (Å²) in [6.07, 6.45) is 0.684. The van der Waals surface area contributed by atoms with Gasteiger partial charge < -0.3 is 19.6 Å². The largest absolute Gasteiger partial charge is 0.504 e. The molecule has 0 bridgehead atoms. The van der Waals surface area contributed by atoms with Crippen molar-refractivity contribution in [3.8, 4) is 23.0 Å². The highest BCUT2D eigenvalue weighted by Crippen LogP contribution is 2.30. The Morgan fingerprint density at radius 2 is 2.21 bits per heavy atom. The number of phenolic OH excluding ortho intramolecular Hbond substituents is 1. The van der Waals surface area contributed by atoms with Gasteiger partial charge in [0.2, 0.25) is 11.8 Å². The van der Waals surface area contributed by atoms with Crippen LogP contribution in [0.3, 0.4) is 0 Å². The topological polar surface area (TPSA) is 80.4 Å². The maximum Gasteiger partial charge on any atom is 0.247 e. The second-order valence-electron chi connectivity index (χ2n) is 3.99. The van der Waals surface area contributed by atoms with E-state index in [9.17, 15) is 5.11 Å². The number of rotatable bonds is 6. The third-order valence-corrected chi connectivity index (χ3v) is 2.66. The Morgan fingerprint density at radius 1 is 1.37 bits per heavy atom. The lowest BCUT2D eigenvalue weighted by atomic mass is 10.2. The second-order valence-corrected chi connectivity index (χ2v) is 3.99. The second kappa shape index (κ2) is 6.19. The standard InChI is InChI=1S/C13H17N3O3/c1-3-14-7-6-12-15-16-13(19-12)9-4-5-11(18-2)10(17)8-9/h4-5,8,14,17H,3,6-7H2,1-2H3. The lowest BCUT2D eigenvalue weighted by Gasteiger charge is -2.03. The molecule has 2 N–H and O–H groups in total. The molecule has 0 aliphatic rings. The van der Waals surface area contributed by atoms with Crippen LogP contribution in [0.5, 0.6) is 11.5 Å². The predicted octanol–water partition coefficient (Wildman–Crippen LogP) is 1.60. The summed E-state index contributed by atoms with van der Waals surface area (Å²) < 4.78 is 10.5. The van der Waals surface area contributed by atoms with E-state index in [0.717, 1.165) is 13.1 Å². The molecule has 1 aromatic carbocycles. The van der Waals surface area contributed by atoms with E-state index in [1.54, 1.807) is 18.2 Å². The summed E-state index contributed by atoms with van der Waals surface area (Å²) in [6.45, 7) is 3.75. The number of likely N-dealkylation sites (N-methyl/N-ethyl adjacent to an activating group) is 1. The summed E-state index contributed by atoms with van der Waals surface area (Å²) in [5.74, 6) is 1.43. The van der Waals surface area contributed by atoms with Gasteiger partial charge in [0.05, 0.1) is 7.11 Å². The summed E-state index contributed by atoms with van der Waals surface area (Å²) in [6, 6.07) is 4.97. The highest BCUT2D eigenvalue weighted by atomic mass is 16.5. The van der Waals surface area contributed by atoms with Gasteiger partial charge in [-0.05, 0) is 24.7 Å². The molecule has 0 amide bonds. The van der Waals surface area contributed by atoms with Crippen molar-refractivity contribution in [2.75, 3.05) is 20.2 Å². The van der Waals surface area contributed by atoms with Crippen LogP contribution < -0.4 is 10.1 Å². The van der Waals surface area contributed by atoms with Crippen molar-refractivity contribution in [3.05, 3.63) is 24.1 Å². The molecular formula is C13H17N3O3. The minimum atomic E-state index is 0.0485. The summed E-state index contributed by atoms with van der Waals surface area (Å²) in [5, 5.41) is 20.8. The van der Waals surface area contributed by atoms with Gasteiger partial charge in [-0.1, -0.05) is 6.92 Å². The van der Waals surface area contributed by atoms with Gasteiger partial charge in [-0.25, -0.2) is 0 Å². The van der Waals surface area contributed by atoms with Crippen LogP contribution in [-0.2, 0) is 6.42 Å². The first-order chi connectivity index (χ1) is 9.24. The molecule has 0 atom stereocenters.